The summed E-state index contributed by atoms with van der Waals surface area (Å²) < 4.78 is 1.16. The number of nitrogens with zero attached hydrogens (tertiary/aromatic N) is 6. The standard InChI is InChI=1S/C16H20N8O3/c1-9-18-14-17-8-10(12(26)24(14)21-9)11(25)23-6-4-16(5-7-23)13(27)19-15(20-16)22(2)3/h8H,4-7H2,1-3H3,(H,17,18,21)(H,19,20,27). The predicted octanol–water partition coefficient (Wildman–Crippen LogP) is -1.25. The molecule has 0 saturated carbocycles. The summed E-state index contributed by atoms with van der Waals surface area (Å²) in [6.45, 7) is 2.37. The van der Waals surface area contributed by atoms with E-state index in [4.69, 9.17) is 0 Å². The SMILES string of the molecule is Cc1nc2ncc(C(=O)N3CCC4(CC3)N=C(N(C)C)NC4=O)c(=O)n2[nH]1. The molecule has 1 spiro atoms. The van der Waals surface area contributed by atoms with Gasteiger partial charge in [0.25, 0.3) is 23.2 Å². The molecule has 2 aromatic heterocycles. The number of aromatic amines is 1. The van der Waals surface area contributed by atoms with E-state index < -0.39 is 17.0 Å². The second-order valence-electron chi connectivity index (χ2n) is 7.03. The van der Waals surface area contributed by atoms with Crippen molar-refractivity contribution in [1.29, 1.82) is 0 Å². The molecule has 0 radical (unpaired) electrons. The van der Waals surface area contributed by atoms with Gasteiger partial charge in [-0.25, -0.2) is 9.98 Å². The van der Waals surface area contributed by atoms with Gasteiger partial charge in [-0.2, -0.15) is 9.50 Å². The normalized spacial score (nSPS) is 18.7. The Bertz CT molecular complexity index is 1030. The Morgan fingerprint density at radius 2 is 1.96 bits per heavy atom. The van der Waals surface area contributed by atoms with Gasteiger partial charge in [0.05, 0.1) is 0 Å². The zero-order chi connectivity index (χ0) is 19.3. The highest BCUT2D eigenvalue weighted by atomic mass is 16.2. The first-order valence-corrected chi connectivity index (χ1v) is 8.63. The Morgan fingerprint density at radius 1 is 1.26 bits per heavy atom. The minimum Gasteiger partial charge on any atom is -0.349 e. The molecule has 0 unspecified atom stereocenters. The van der Waals surface area contributed by atoms with Crippen LogP contribution in [0.5, 0.6) is 0 Å². The lowest BCUT2D eigenvalue weighted by Crippen LogP contribution is -2.51. The van der Waals surface area contributed by atoms with E-state index in [1.165, 1.54) is 6.20 Å². The van der Waals surface area contributed by atoms with E-state index >= 15 is 0 Å². The number of fused-ring (bicyclic) bond motifs is 1. The summed E-state index contributed by atoms with van der Waals surface area (Å²) in [5, 5.41) is 5.55. The summed E-state index contributed by atoms with van der Waals surface area (Å²) in [6.07, 6.45) is 2.07. The molecule has 0 atom stereocenters. The highest BCUT2D eigenvalue weighted by molar-refractivity contribution is 6.07. The minimum absolute atomic E-state index is 0.0274. The fourth-order valence-electron chi connectivity index (χ4n) is 3.41. The smallest absolute Gasteiger partial charge is 0.286 e. The van der Waals surface area contributed by atoms with Crippen LogP contribution in [0.4, 0.5) is 0 Å². The van der Waals surface area contributed by atoms with Gasteiger partial charge >= 0.3 is 0 Å². The van der Waals surface area contributed by atoms with Crippen LogP contribution in [0.2, 0.25) is 0 Å². The molecule has 4 rings (SSSR count). The maximum Gasteiger partial charge on any atom is 0.286 e. The Balaban J connectivity index is 1.55. The number of rotatable bonds is 1. The van der Waals surface area contributed by atoms with Crippen LogP contribution in [0.15, 0.2) is 16.0 Å². The summed E-state index contributed by atoms with van der Waals surface area (Å²) in [5.41, 5.74) is -1.36. The number of hydrogen-bond acceptors (Lipinski definition) is 7. The first-order valence-electron chi connectivity index (χ1n) is 8.63. The summed E-state index contributed by atoms with van der Waals surface area (Å²) in [5.74, 6) is 0.738. The first-order chi connectivity index (χ1) is 12.8. The van der Waals surface area contributed by atoms with E-state index in [0.29, 0.717) is 37.7 Å². The third-order valence-electron chi connectivity index (χ3n) is 4.98. The third kappa shape index (κ3) is 2.66. The molecule has 2 aromatic rings. The molecule has 11 nitrogen and oxygen atoms in total. The molecule has 1 saturated heterocycles. The van der Waals surface area contributed by atoms with Crippen LogP contribution in [0.25, 0.3) is 5.78 Å². The maximum absolute atomic E-state index is 12.8. The quantitative estimate of drug-likeness (QED) is 0.644. The van der Waals surface area contributed by atoms with E-state index in [1.54, 1.807) is 16.7 Å². The third-order valence-corrected chi connectivity index (χ3v) is 4.98. The van der Waals surface area contributed by atoms with Gasteiger partial charge in [0.15, 0.2) is 0 Å². The molecule has 142 valence electrons. The van der Waals surface area contributed by atoms with Crippen molar-refractivity contribution in [1.82, 2.24) is 34.7 Å². The Morgan fingerprint density at radius 3 is 2.59 bits per heavy atom. The topological polar surface area (TPSA) is 128 Å². The summed E-state index contributed by atoms with van der Waals surface area (Å²) in [6, 6.07) is 0. The number of likely N-dealkylation sites (tertiary alicyclic amines) is 1. The fraction of sp³-hybridized carbons (Fsp3) is 0.500. The Labute approximate surface area is 154 Å². The van der Waals surface area contributed by atoms with Crippen molar-refractivity contribution in [3.8, 4) is 0 Å². The average molecular weight is 372 g/mol. The molecule has 2 aliphatic rings. The number of aliphatic imine (C=N–C) groups is 1. The van der Waals surface area contributed by atoms with Gasteiger partial charge in [-0.05, 0) is 19.8 Å². The van der Waals surface area contributed by atoms with Crippen LogP contribution in [0.3, 0.4) is 0 Å². The predicted molar refractivity (Wildman–Crippen MR) is 95.5 cm³/mol. The number of nitrogens with one attached hydrogen (secondary N) is 2. The van der Waals surface area contributed by atoms with Crippen LogP contribution in [-0.4, -0.2) is 79.9 Å². The molecule has 2 N–H and O–H groups in total. The van der Waals surface area contributed by atoms with E-state index in [9.17, 15) is 14.4 Å². The Hall–Kier alpha value is -3.24. The van der Waals surface area contributed by atoms with Gasteiger partial charge in [-0.15, -0.1) is 0 Å². The van der Waals surface area contributed by atoms with Crippen LogP contribution in [-0.2, 0) is 4.79 Å². The molecule has 11 heteroatoms. The highest BCUT2D eigenvalue weighted by Crippen LogP contribution is 2.30. The van der Waals surface area contributed by atoms with Crippen molar-refractivity contribution in [2.24, 2.45) is 4.99 Å². The molecular weight excluding hydrogens is 352 g/mol. The van der Waals surface area contributed by atoms with Gasteiger partial charge in [-0.1, -0.05) is 0 Å². The zero-order valence-electron chi connectivity index (χ0n) is 15.3. The van der Waals surface area contributed by atoms with Gasteiger partial charge < -0.3 is 9.80 Å². The number of aromatic nitrogens is 4. The van der Waals surface area contributed by atoms with E-state index in [1.807, 2.05) is 14.1 Å². The molecule has 27 heavy (non-hydrogen) atoms. The van der Waals surface area contributed by atoms with Crippen LogP contribution >= 0.6 is 0 Å². The number of aryl methyl sites for hydroxylation is 1. The van der Waals surface area contributed by atoms with Crippen molar-refractivity contribution in [3.63, 3.8) is 0 Å². The number of H-pyrrole nitrogens is 1. The second-order valence-corrected chi connectivity index (χ2v) is 7.03. The number of carbonyl (C=O) groups is 2. The van der Waals surface area contributed by atoms with Crippen molar-refractivity contribution in [2.45, 2.75) is 25.3 Å². The molecule has 0 bridgehead atoms. The maximum atomic E-state index is 12.8. The number of carbonyl (C=O) groups excluding carboxylic acids is 2. The summed E-state index contributed by atoms with van der Waals surface area (Å²) in [4.78, 5) is 53.8. The van der Waals surface area contributed by atoms with E-state index in [-0.39, 0.29) is 17.2 Å². The molecule has 1 fully saturated rings. The zero-order valence-corrected chi connectivity index (χ0v) is 15.3. The minimum atomic E-state index is -0.839. The molecule has 4 heterocycles. The van der Waals surface area contributed by atoms with E-state index in [2.05, 4.69) is 25.4 Å². The monoisotopic (exact) mass is 372 g/mol. The molecule has 2 amide bonds. The van der Waals surface area contributed by atoms with Crippen LogP contribution in [0.1, 0.15) is 29.0 Å². The average Bonchev–Trinajstić information content (AvgIpc) is 3.16. The fourth-order valence-corrected chi connectivity index (χ4v) is 3.41. The number of hydrogen-bond donors (Lipinski definition) is 2. The molecule has 2 aliphatic heterocycles. The second kappa shape index (κ2) is 5.89. The molecule has 0 aromatic carbocycles. The van der Waals surface area contributed by atoms with Crippen molar-refractivity contribution in [3.05, 3.63) is 27.9 Å². The highest BCUT2D eigenvalue weighted by Gasteiger charge is 2.47. The van der Waals surface area contributed by atoms with Crippen LogP contribution in [0, 0.1) is 6.92 Å². The van der Waals surface area contributed by atoms with Crippen molar-refractivity contribution < 1.29 is 9.59 Å². The van der Waals surface area contributed by atoms with Crippen molar-refractivity contribution in [2.75, 3.05) is 27.2 Å². The van der Waals surface area contributed by atoms with Crippen LogP contribution < -0.4 is 10.9 Å². The van der Waals surface area contributed by atoms with Gasteiger partial charge in [-0.3, -0.25) is 24.8 Å². The largest absolute Gasteiger partial charge is 0.349 e. The van der Waals surface area contributed by atoms with E-state index in [0.717, 1.165) is 4.52 Å². The lowest BCUT2D eigenvalue weighted by atomic mass is 9.88. The van der Waals surface area contributed by atoms with Crippen molar-refractivity contribution >= 4 is 23.6 Å². The Kier molecular flexibility index (Phi) is 3.75. The molecule has 0 aliphatic carbocycles. The number of piperidine rings is 1. The summed E-state index contributed by atoms with van der Waals surface area (Å²) >= 11 is 0. The first kappa shape index (κ1) is 17.2. The number of guanidine groups is 1. The summed E-state index contributed by atoms with van der Waals surface area (Å²) in [7, 11) is 3.62. The lowest BCUT2D eigenvalue weighted by molar-refractivity contribution is -0.125. The molecular formula is C16H20N8O3. The lowest BCUT2D eigenvalue weighted by Gasteiger charge is -2.35. The van der Waals surface area contributed by atoms with Gasteiger partial charge in [0, 0.05) is 33.4 Å². The van der Waals surface area contributed by atoms with Gasteiger partial charge in [0.2, 0.25) is 5.96 Å². The van der Waals surface area contributed by atoms with Gasteiger partial charge in [0.1, 0.15) is 16.9 Å². The number of amides is 2.